The van der Waals surface area contributed by atoms with Gasteiger partial charge >= 0.3 is 0 Å². The number of aromatic nitrogens is 1. The number of hydrogen-bond donors (Lipinski definition) is 1. The third kappa shape index (κ3) is 4.49. The normalized spacial score (nSPS) is 16.2. The molecule has 136 valence electrons. The molecule has 0 radical (unpaired) electrons. The number of benzene rings is 1. The van der Waals surface area contributed by atoms with Gasteiger partial charge in [0.25, 0.3) is 5.91 Å². The summed E-state index contributed by atoms with van der Waals surface area (Å²) in [7, 11) is 0. The first-order chi connectivity index (χ1) is 12.5. The fraction of sp³-hybridized carbons (Fsp3) is 0.350. The molecule has 1 unspecified atom stereocenters. The number of carbonyl (C=O) groups is 2. The van der Waals surface area contributed by atoms with Gasteiger partial charge in [0.15, 0.2) is 0 Å². The van der Waals surface area contributed by atoms with Gasteiger partial charge in [-0.15, -0.1) is 0 Å². The second-order valence-electron chi connectivity index (χ2n) is 6.58. The molecule has 1 aromatic carbocycles. The van der Waals surface area contributed by atoms with Crippen LogP contribution in [-0.4, -0.2) is 34.8 Å². The molecule has 2 amide bonds. The maximum absolute atomic E-state index is 12.6. The van der Waals surface area contributed by atoms with E-state index in [1.165, 1.54) is 0 Å². The van der Waals surface area contributed by atoms with Crippen LogP contribution in [0.4, 0.5) is 0 Å². The second kappa shape index (κ2) is 8.45. The second-order valence-corrected chi connectivity index (χ2v) is 7.50. The highest BCUT2D eigenvalue weighted by Gasteiger charge is 2.28. The first-order valence-electron chi connectivity index (χ1n) is 8.79. The predicted molar refractivity (Wildman–Crippen MR) is 104 cm³/mol. The molecule has 1 N–H and O–H groups in total. The Bertz CT molecular complexity index is 756. The Balaban J connectivity index is 1.52. The van der Waals surface area contributed by atoms with Gasteiger partial charge in [0.1, 0.15) is 0 Å². The number of carbonyl (C=O) groups excluding carboxylic acids is 2. The molecule has 5 nitrogen and oxygen atoms in total. The Kier molecular flexibility index (Phi) is 6.04. The molecular formula is C20H22BrN3O2. The maximum atomic E-state index is 12.6. The third-order valence-electron chi connectivity index (χ3n) is 4.81. The summed E-state index contributed by atoms with van der Waals surface area (Å²) < 4.78 is 0.952. The summed E-state index contributed by atoms with van der Waals surface area (Å²) in [5, 5.41) is 3.07. The largest absolute Gasteiger partial charge is 0.349 e. The molecule has 3 rings (SSSR count). The molecule has 1 saturated heterocycles. The quantitative estimate of drug-likeness (QED) is 0.829. The summed E-state index contributed by atoms with van der Waals surface area (Å²) in [6, 6.07) is 11.1. The van der Waals surface area contributed by atoms with Crippen LogP contribution in [-0.2, 0) is 4.79 Å². The Morgan fingerprint density at radius 2 is 1.73 bits per heavy atom. The van der Waals surface area contributed by atoms with E-state index in [-0.39, 0.29) is 23.8 Å². The molecule has 0 aliphatic carbocycles. The number of nitrogens with one attached hydrogen (secondary N) is 1. The molecule has 1 fully saturated rings. The zero-order chi connectivity index (χ0) is 18.5. The van der Waals surface area contributed by atoms with Gasteiger partial charge in [-0.3, -0.25) is 14.6 Å². The highest BCUT2D eigenvalue weighted by molar-refractivity contribution is 9.10. The van der Waals surface area contributed by atoms with E-state index in [1.807, 2.05) is 48.2 Å². The van der Waals surface area contributed by atoms with E-state index in [2.05, 4.69) is 26.2 Å². The molecule has 1 aromatic heterocycles. The van der Waals surface area contributed by atoms with E-state index in [0.29, 0.717) is 31.5 Å². The average molecular weight is 416 g/mol. The first-order valence-corrected chi connectivity index (χ1v) is 9.59. The predicted octanol–water partition coefficient (Wildman–Crippen LogP) is 3.57. The Morgan fingerprint density at radius 1 is 1.12 bits per heavy atom. The molecule has 2 heterocycles. The minimum Gasteiger partial charge on any atom is -0.349 e. The molecule has 1 aliphatic heterocycles. The van der Waals surface area contributed by atoms with Crippen molar-refractivity contribution >= 4 is 27.7 Å². The molecule has 0 saturated carbocycles. The average Bonchev–Trinajstić information content (AvgIpc) is 2.69. The Labute approximate surface area is 161 Å². The minimum atomic E-state index is -0.0482. The molecule has 6 heteroatoms. The highest BCUT2D eigenvalue weighted by atomic mass is 79.9. The van der Waals surface area contributed by atoms with Crippen molar-refractivity contribution in [2.24, 2.45) is 5.92 Å². The lowest BCUT2D eigenvalue weighted by atomic mass is 9.94. The molecule has 0 bridgehead atoms. The van der Waals surface area contributed by atoms with E-state index in [0.717, 1.165) is 10.0 Å². The smallest absolute Gasteiger partial charge is 0.253 e. The fourth-order valence-corrected chi connectivity index (χ4v) is 3.45. The van der Waals surface area contributed by atoms with Crippen LogP contribution in [0, 0.1) is 5.92 Å². The number of amides is 2. The minimum absolute atomic E-state index is 0.0292. The Hall–Kier alpha value is -2.21. The van der Waals surface area contributed by atoms with Crippen molar-refractivity contribution < 1.29 is 9.59 Å². The lowest BCUT2D eigenvalue weighted by Gasteiger charge is -2.32. The zero-order valence-electron chi connectivity index (χ0n) is 14.7. The van der Waals surface area contributed by atoms with Gasteiger partial charge in [-0.05, 0) is 61.7 Å². The number of piperidine rings is 1. The number of nitrogens with zero attached hydrogens (tertiary/aromatic N) is 2. The van der Waals surface area contributed by atoms with Gasteiger partial charge in [0, 0.05) is 41.4 Å². The molecule has 1 aliphatic rings. The number of hydrogen-bond acceptors (Lipinski definition) is 3. The number of halogens is 1. The van der Waals surface area contributed by atoms with Gasteiger partial charge in [0.2, 0.25) is 5.91 Å². The van der Waals surface area contributed by atoms with E-state index >= 15 is 0 Å². The van der Waals surface area contributed by atoms with Crippen molar-refractivity contribution in [3.63, 3.8) is 0 Å². The summed E-state index contributed by atoms with van der Waals surface area (Å²) in [6.07, 6.45) is 4.84. The lowest BCUT2D eigenvalue weighted by Crippen LogP contribution is -2.43. The van der Waals surface area contributed by atoms with Crippen LogP contribution in [0.15, 0.2) is 53.3 Å². The van der Waals surface area contributed by atoms with Crippen LogP contribution in [0.3, 0.4) is 0 Å². The van der Waals surface area contributed by atoms with Crippen molar-refractivity contribution in [2.75, 3.05) is 13.1 Å². The maximum Gasteiger partial charge on any atom is 0.253 e. The van der Waals surface area contributed by atoms with Crippen LogP contribution >= 0.6 is 15.9 Å². The van der Waals surface area contributed by atoms with Gasteiger partial charge in [0.05, 0.1) is 6.04 Å². The lowest BCUT2D eigenvalue weighted by molar-refractivity contribution is -0.126. The number of pyridine rings is 1. The zero-order valence-corrected chi connectivity index (χ0v) is 16.3. The summed E-state index contributed by atoms with van der Waals surface area (Å²) in [5.74, 6) is 0.0415. The summed E-state index contributed by atoms with van der Waals surface area (Å²) in [5.41, 5.74) is 1.72. The molecular weight excluding hydrogens is 394 g/mol. The summed E-state index contributed by atoms with van der Waals surface area (Å²) >= 11 is 3.38. The monoisotopic (exact) mass is 415 g/mol. The van der Waals surface area contributed by atoms with Crippen molar-refractivity contribution in [3.8, 4) is 0 Å². The van der Waals surface area contributed by atoms with Crippen LogP contribution in [0.5, 0.6) is 0 Å². The molecule has 1 atom stereocenters. The summed E-state index contributed by atoms with van der Waals surface area (Å²) in [6.45, 7) is 3.19. The van der Waals surface area contributed by atoms with Gasteiger partial charge in [-0.25, -0.2) is 0 Å². The third-order valence-corrected chi connectivity index (χ3v) is 5.34. The van der Waals surface area contributed by atoms with Gasteiger partial charge in [-0.1, -0.05) is 15.9 Å². The SMILES string of the molecule is CC(NC(=O)C1CCN(C(=O)c2ccc(Br)cc2)CC1)c1ccncc1. The fourth-order valence-electron chi connectivity index (χ4n) is 3.19. The molecule has 0 spiro atoms. The molecule has 2 aromatic rings. The topological polar surface area (TPSA) is 62.3 Å². The van der Waals surface area contributed by atoms with Crippen molar-refractivity contribution in [1.82, 2.24) is 15.2 Å². The highest BCUT2D eigenvalue weighted by Crippen LogP contribution is 2.21. The standard InChI is InChI=1S/C20H22BrN3O2/c1-14(15-6-10-22-11-7-15)23-19(25)16-8-12-24(13-9-16)20(26)17-2-4-18(21)5-3-17/h2-7,10-11,14,16H,8-9,12-13H2,1H3,(H,23,25). The van der Waals surface area contributed by atoms with Crippen molar-refractivity contribution in [2.45, 2.75) is 25.8 Å². The van der Waals surface area contributed by atoms with E-state index in [4.69, 9.17) is 0 Å². The van der Waals surface area contributed by atoms with E-state index < -0.39 is 0 Å². The van der Waals surface area contributed by atoms with Crippen LogP contribution in [0.1, 0.15) is 41.7 Å². The van der Waals surface area contributed by atoms with Crippen LogP contribution < -0.4 is 5.32 Å². The van der Waals surface area contributed by atoms with E-state index in [9.17, 15) is 9.59 Å². The summed E-state index contributed by atoms with van der Waals surface area (Å²) in [4.78, 5) is 30.9. The van der Waals surface area contributed by atoms with Crippen molar-refractivity contribution in [3.05, 3.63) is 64.4 Å². The number of likely N-dealkylation sites (tertiary alicyclic amines) is 1. The van der Waals surface area contributed by atoms with Crippen LogP contribution in [0.2, 0.25) is 0 Å². The Morgan fingerprint density at radius 3 is 2.35 bits per heavy atom. The van der Waals surface area contributed by atoms with Crippen LogP contribution in [0.25, 0.3) is 0 Å². The van der Waals surface area contributed by atoms with Gasteiger partial charge < -0.3 is 10.2 Å². The van der Waals surface area contributed by atoms with Gasteiger partial charge in [-0.2, -0.15) is 0 Å². The van der Waals surface area contributed by atoms with Crippen molar-refractivity contribution in [1.29, 1.82) is 0 Å². The number of rotatable bonds is 4. The molecule has 26 heavy (non-hydrogen) atoms. The van der Waals surface area contributed by atoms with E-state index in [1.54, 1.807) is 12.4 Å². The first kappa shape index (κ1) is 18.6.